The Bertz CT molecular complexity index is 805. The molecule has 0 saturated carbocycles. The van der Waals surface area contributed by atoms with Crippen LogP contribution in [0.4, 0.5) is 0 Å². The van der Waals surface area contributed by atoms with Crippen LogP contribution in [0.2, 0.25) is 0 Å². The molecule has 7 heteroatoms. The van der Waals surface area contributed by atoms with Crippen LogP contribution < -0.4 is 0 Å². The van der Waals surface area contributed by atoms with Gasteiger partial charge in [0, 0.05) is 17.3 Å². The molecule has 0 unspecified atom stereocenters. The number of carbonyl (C=O) groups excluding carboxylic acids is 1. The van der Waals surface area contributed by atoms with E-state index in [1.54, 1.807) is 38.9 Å². The largest absolute Gasteiger partial charge is 0.340 e. The first kappa shape index (κ1) is 16.3. The second-order valence-corrected chi connectivity index (χ2v) is 8.38. The van der Waals surface area contributed by atoms with Crippen molar-refractivity contribution in [3.05, 3.63) is 44.2 Å². The standard InChI is InChI=1S/C16H17N3OS3/c1-10-14(23-11(2)17-10)7-15(20)19(3)8-12-9-22-16(18-12)13-5-4-6-21-13/h4-6,9H,7-8H2,1-3H3. The van der Waals surface area contributed by atoms with Gasteiger partial charge in [-0.1, -0.05) is 6.07 Å². The van der Waals surface area contributed by atoms with Crippen molar-refractivity contribution in [2.75, 3.05) is 7.05 Å². The van der Waals surface area contributed by atoms with E-state index in [1.807, 2.05) is 37.7 Å². The van der Waals surface area contributed by atoms with Gasteiger partial charge in [0.05, 0.1) is 34.2 Å². The van der Waals surface area contributed by atoms with E-state index in [4.69, 9.17) is 0 Å². The lowest BCUT2D eigenvalue weighted by atomic mass is 10.2. The summed E-state index contributed by atoms with van der Waals surface area (Å²) in [5.41, 5.74) is 1.90. The molecule has 0 aliphatic rings. The van der Waals surface area contributed by atoms with Crippen molar-refractivity contribution in [1.82, 2.24) is 14.9 Å². The Morgan fingerprint density at radius 2 is 2.09 bits per heavy atom. The number of likely N-dealkylation sites (N-methyl/N-ethyl adjacent to an activating group) is 1. The van der Waals surface area contributed by atoms with Crippen LogP contribution in [0.3, 0.4) is 0 Å². The first-order valence-electron chi connectivity index (χ1n) is 7.18. The highest BCUT2D eigenvalue weighted by Gasteiger charge is 2.15. The Morgan fingerprint density at radius 1 is 1.26 bits per heavy atom. The lowest BCUT2D eigenvalue weighted by Crippen LogP contribution is -2.27. The Kier molecular flexibility index (Phi) is 4.89. The van der Waals surface area contributed by atoms with Crippen LogP contribution in [-0.2, 0) is 17.8 Å². The Morgan fingerprint density at radius 3 is 2.74 bits per heavy atom. The van der Waals surface area contributed by atoms with Crippen molar-refractivity contribution >= 4 is 39.9 Å². The molecular weight excluding hydrogens is 346 g/mol. The van der Waals surface area contributed by atoms with Gasteiger partial charge in [-0.2, -0.15) is 0 Å². The van der Waals surface area contributed by atoms with Gasteiger partial charge in [0.25, 0.3) is 0 Å². The molecule has 0 aliphatic carbocycles. The lowest BCUT2D eigenvalue weighted by Gasteiger charge is -2.15. The van der Waals surface area contributed by atoms with Crippen molar-refractivity contribution in [2.24, 2.45) is 0 Å². The number of rotatable bonds is 5. The topological polar surface area (TPSA) is 46.1 Å². The molecule has 3 heterocycles. The number of carbonyl (C=O) groups is 1. The van der Waals surface area contributed by atoms with Crippen LogP contribution in [0, 0.1) is 13.8 Å². The number of aryl methyl sites for hydroxylation is 2. The molecule has 0 atom stereocenters. The van der Waals surface area contributed by atoms with Gasteiger partial charge >= 0.3 is 0 Å². The number of amides is 1. The second kappa shape index (κ2) is 6.90. The molecule has 0 aromatic carbocycles. The number of thiazole rings is 2. The minimum atomic E-state index is 0.0995. The second-order valence-electron chi connectivity index (χ2n) is 5.29. The summed E-state index contributed by atoms with van der Waals surface area (Å²) in [4.78, 5) is 25.4. The van der Waals surface area contributed by atoms with E-state index in [0.29, 0.717) is 13.0 Å². The number of aromatic nitrogens is 2. The molecule has 3 aromatic heterocycles. The summed E-state index contributed by atoms with van der Waals surface area (Å²) in [5.74, 6) is 0.0995. The lowest BCUT2D eigenvalue weighted by molar-refractivity contribution is -0.129. The first-order chi connectivity index (χ1) is 11.0. The van der Waals surface area contributed by atoms with Gasteiger partial charge < -0.3 is 4.90 Å². The quantitative estimate of drug-likeness (QED) is 0.684. The zero-order valence-electron chi connectivity index (χ0n) is 13.2. The van der Waals surface area contributed by atoms with Crippen LogP contribution in [-0.4, -0.2) is 27.8 Å². The summed E-state index contributed by atoms with van der Waals surface area (Å²) in [6.45, 7) is 4.47. The van der Waals surface area contributed by atoms with E-state index in [-0.39, 0.29) is 5.91 Å². The minimum Gasteiger partial charge on any atom is -0.340 e. The minimum absolute atomic E-state index is 0.0995. The molecule has 3 aromatic rings. The summed E-state index contributed by atoms with van der Waals surface area (Å²) < 4.78 is 0. The SMILES string of the molecule is Cc1nc(C)c(CC(=O)N(C)Cc2csc(-c3cccs3)n2)s1. The number of hydrogen-bond acceptors (Lipinski definition) is 6. The number of hydrogen-bond donors (Lipinski definition) is 0. The van der Waals surface area contributed by atoms with E-state index >= 15 is 0 Å². The molecule has 0 N–H and O–H groups in total. The van der Waals surface area contributed by atoms with E-state index in [1.165, 1.54) is 4.88 Å². The summed E-state index contributed by atoms with van der Waals surface area (Å²) in [5, 5.41) is 6.10. The van der Waals surface area contributed by atoms with Crippen LogP contribution in [0.5, 0.6) is 0 Å². The fraction of sp³-hybridized carbons (Fsp3) is 0.312. The smallest absolute Gasteiger partial charge is 0.227 e. The highest BCUT2D eigenvalue weighted by molar-refractivity contribution is 7.20. The highest BCUT2D eigenvalue weighted by atomic mass is 32.1. The molecule has 23 heavy (non-hydrogen) atoms. The number of nitrogens with zero attached hydrogens (tertiary/aromatic N) is 3. The molecule has 120 valence electrons. The van der Waals surface area contributed by atoms with Crippen LogP contribution in [0.15, 0.2) is 22.9 Å². The third-order valence-electron chi connectivity index (χ3n) is 3.42. The molecule has 0 radical (unpaired) electrons. The Balaban J connectivity index is 1.63. The molecule has 0 aliphatic heterocycles. The molecule has 0 bridgehead atoms. The normalized spacial score (nSPS) is 10.9. The van der Waals surface area contributed by atoms with Crippen molar-refractivity contribution in [3.63, 3.8) is 0 Å². The first-order valence-corrected chi connectivity index (χ1v) is 9.75. The third-order valence-corrected chi connectivity index (χ3v) is 6.42. The van der Waals surface area contributed by atoms with E-state index < -0.39 is 0 Å². The van der Waals surface area contributed by atoms with Crippen molar-refractivity contribution < 1.29 is 4.79 Å². The zero-order chi connectivity index (χ0) is 16.4. The van der Waals surface area contributed by atoms with Crippen LogP contribution in [0.25, 0.3) is 9.88 Å². The maximum Gasteiger partial charge on any atom is 0.227 e. The maximum atomic E-state index is 12.4. The molecule has 0 spiro atoms. The van der Waals surface area contributed by atoms with Gasteiger partial charge in [0.15, 0.2) is 0 Å². The van der Waals surface area contributed by atoms with E-state index in [9.17, 15) is 4.79 Å². The zero-order valence-corrected chi connectivity index (χ0v) is 15.6. The Hall–Kier alpha value is -1.57. The molecular formula is C16H17N3OS3. The summed E-state index contributed by atoms with van der Waals surface area (Å²) in [7, 11) is 1.83. The number of thiophene rings is 1. The average Bonchev–Trinajstić information content (AvgIpc) is 3.21. The Labute approximate surface area is 147 Å². The molecule has 3 rings (SSSR count). The van der Waals surface area contributed by atoms with Crippen molar-refractivity contribution in [1.29, 1.82) is 0 Å². The van der Waals surface area contributed by atoms with Crippen molar-refractivity contribution in [3.8, 4) is 9.88 Å². The molecule has 1 amide bonds. The maximum absolute atomic E-state index is 12.4. The fourth-order valence-corrected chi connectivity index (χ4v) is 4.79. The molecule has 0 fully saturated rings. The van der Waals surface area contributed by atoms with Gasteiger partial charge in [0.2, 0.25) is 5.91 Å². The third kappa shape index (κ3) is 3.85. The van der Waals surface area contributed by atoms with Crippen LogP contribution >= 0.6 is 34.0 Å². The van der Waals surface area contributed by atoms with Gasteiger partial charge in [-0.05, 0) is 25.3 Å². The van der Waals surface area contributed by atoms with Gasteiger partial charge in [-0.3, -0.25) is 4.79 Å². The molecule has 0 saturated heterocycles. The monoisotopic (exact) mass is 363 g/mol. The molecule has 4 nitrogen and oxygen atoms in total. The fourth-order valence-electron chi connectivity index (χ4n) is 2.23. The predicted molar refractivity (Wildman–Crippen MR) is 97.2 cm³/mol. The highest BCUT2D eigenvalue weighted by Crippen LogP contribution is 2.28. The van der Waals surface area contributed by atoms with E-state index in [0.717, 1.165) is 26.3 Å². The van der Waals surface area contributed by atoms with Gasteiger partial charge in [0.1, 0.15) is 5.01 Å². The average molecular weight is 364 g/mol. The summed E-state index contributed by atoms with van der Waals surface area (Å²) in [6, 6.07) is 4.09. The van der Waals surface area contributed by atoms with Gasteiger partial charge in [-0.25, -0.2) is 9.97 Å². The van der Waals surface area contributed by atoms with Crippen molar-refractivity contribution in [2.45, 2.75) is 26.8 Å². The van der Waals surface area contributed by atoms with E-state index in [2.05, 4.69) is 16.0 Å². The summed E-state index contributed by atoms with van der Waals surface area (Å²) in [6.07, 6.45) is 0.412. The predicted octanol–water partition coefficient (Wildman–Crippen LogP) is 4.15. The van der Waals surface area contributed by atoms with Crippen LogP contribution in [0.1, 0.15) is 21.3 Å². The summed E-state index contributed by atoms with van der Waals surface area (Å²) >= 11 is 4.90. The van der Waals surface area contributed by atoms with Gasteiger partial charge in [-0.15, -0.1) is 34.0 Å².